The fraction of sp³-hybridized carbons (Fsp3) is 0.467. The molecule has 0 radical (unpaired) electrons. The Bertz CT molecular complexity index is 1060. The van der Waals surface area contributed by atoms with E-state index < -0.39 is 0 Å². The maximum Gasteiger partial charge on any atom is 0.158 e. The number of halogens is 2. The van der Waals surface area contributed by atoms with E-state index in [1.807, 2.05) is 48.5 Å². The number of benzene rings is 3. The van der Waals surface area contributed by atoms with Crippen LogP contribution in [-0.4, -0.2) is 32.2 Å². The first-order valence-corrected chi connectivity index (χ1v) is 13.3. The normalized spacial score (nSPS) is 18.3. The first-order chi connectivity index (χ1) is 17.1. The number of ether oxygens (including phenoxy) is 3. The molecule has 0 bridgehead atoms. The lowest BCUT2D eigenvalue weighted by Crippen LogP contribution is -2.37. The summed E-state index contributed by atoms with van der Waals surface area (Å²) in [7, 11) is 0. The van der Waals surface area contributed by atoms with Gasteiger partial charge in [-0.15, -0.1) is 0 Å². The van der Waals surface area contributed by atoms with Crippen LogP contribution >= 0.6 is 11.6 Å². The fourth-order valence-corrected chi connectivity index (χ4v) is 4.64. The Hall–Kier alpha value is -1.98. The van der Waals surface area contributed by atoms with Crippen LogP contribution in [0.1, 0.15) is 55.7 Å². The summed E-state index contributed by atoms with van der Waals surface area (Å²) < 4.78 is 32.8. The molecule has 1 fully saturated rings. The summed E-state index contributed by atoms with van der Waals surface area (Å²) in [5.74, 6) is -0.123. The second kappa shape index (κ2) is 13.4. The molecule has 188 valence electrons. The Morgan fingerprint density at radius 2 is 1.66 bits per heavy atom. The van der Waals surface area contributed by atoms with Crippen molar-refractivity contribution in [3.8, 4) is 0 Å². The monoisotopic (exact) mass is 498 g/mol. The lowest BCUT2D eigenvalue weighted by Gasteiger charge is -2.29. The van der Waals surface area contributed by atoms with Crippen molar-refractivity contribution in [2.24, 2.45) is 0 Å². The predicted molar refractivity (Wildman–Crippen MR) is 141 cm³/mol. The molecule has 1 aliphatic rings. The van der Waals surface area contributed by atoms with Gasteiger partial charge in [-0.05, 0) is 59.9 Å². The Labute approximate surface area is 213 Å². The van der Waals surface area contributed by atoms with Gasteiger partial charge in [0.05, 0.1) is 13.2 Å². The molecule has 0 atom stereocenters. The summed E-state index contributed by atoms with van der Waals surface area (Å²) in [4.78, 5) is 0. The summed E-state index contributed by atoms with van der Waals surface area (Å²) in [5, 5.41) is 2.32. The number of fused-ring (bicyclic) bond motifs is 1. The van der Waals surface area contributed by atoms with Crippen molar-refractivity contribution in [3.05, 3.63) is 82.1 Å². The average Bonchev–Trinajstić information content (AvgIpc) is 2.88. The topological polar surface area (TPSA) is 27.7 Å². The second-order valence-electron chi connectivity index (χ2n) is 9.41. The third kappa shape index (κ3) is 7.75. The van der Waals surface area contributed by atoms with Gasteiger partial charge in [-0.2, -0.15) is 0 Å². The highest BCUT2D eigenvalue weighted by Crippen LogP contribution is 2.25. The molecule has 1 aliphatic heterocycles. The smallest absolute Gasteiger partial charge is 0.158 e. The van der Waals surface area contributed by atoms with Crippen molar-refractivity contribution in [1.29, 1.82) is 0 Å². The lowest BCUT2D eigenvalue weighted by molar-refractivity contribution is -0.227. The summed E-state index contributed by atoms with van der Waals surface area (Å²) in [6, 6.07) is 17.7. The maximum atomic E-state index is 15.2. The van der Waals surface area contributed by atoms with Crippen molar-refractivity contribution in [2.75, 3.05) is 19.8 Å². The summed E-state index contributed by atoms with van der Waals surface area (Å²) >= 11 is 5.95. The number of unbranched alkanes of at least 4 members (excludes halogenated alkanes) is 3. The van der Waals surface area contributed by atoms with Crippen LogP contribution in [0.25, 0.3) is 10.8 Å². The zero-order valence-corrected chi connectivity index (χ0v) is 21.4. The molecule has 3 aromatic rings. The molecular formula is C30H36ClFO3. The molecule has 0 spiro atoms. The predicted octanol–water partition coefficient (Wildman–Crippen LogP) is 7.69. The molecule has 0 aromatic heterocycles. The van der Waals surface area contributed by atoms with Gasteiger partial charge in [-0.3, -0.25) is 0 Å². The number of hydrogen-bond donors (Lipinski definition) is 0. The Morgan fingerprint density at radius 1 is 0.886 bits per heavy atom. The van der Waals surface area contributed by atoms with Crippen LogP contribution in [0.15, 0.2) is 54.6 Å². The quantitative estimate of drug-likeness (QED) is 0.239. The van der Waals surface area contributed by atoms with E-state index in [-0.39, 0.29) is 18.2 Å². The average molecular weight is 499 g/mol. The van der Waals surface area contributed by atoms with Gasteiger partial charge in [-0.25, -0.2) is 4.39 Å². The van der Waals surface area contributed by atoms with Crippen LogP contribution in [-0.2, 0) is 33.5 Å². The minimum absolute atomic E-state index is 0.0328. The van der Waals surface area contributed by atoms with Gasteiger partial charge in [0.25, 0.3) is 0 Å². The minimum atomic E-state index is -0.211. The molecule has 0 amide bonds. The van der Waals surface area contributed by atoms with E-state index in [4.69, 9.17) is 25.8 Å². The minimum Gasteiger partial charge on any atom is -0.373 e. The molecule has 5 heteroatoms. The molecule has 35 heavy (non-hydrogen) atoms. The molecule has 0 aliphatic carbocycles. The van der Waals surface area contributed by atoms with E-state index in [0.29, 0.717) is 25.0 Å². The van der Waals surface area contributed by atoms with E-state index in [9.17, 15) is 0 Å². The zero-order chi connectivity index (χ0) is 24.5. The lowest BCUT2D eigenvalue weighted by atomic mass is 9.98. The van der Waals surface area contributed by atoms with Crippen LogP contribution in [0, 0.1) is 5.82 Å². The summed E-state index contributed by atoms with van der Waals surface area (Å²) in [5.41, 5.74) is 3.06. The SMILES string of the molecule is CCCCCCOC1COC(CCc2ccc3c(F)c(CCc4ccc(Cl)cc4)ccc3c2)OC1. The molecule has 1 saturated heterocycles. The largest absolute Gasteiger partial charge is 0.373 e. The van der Waals surface area contributed by atoms with Crippen molar-refractivity contribution >= 4 is 22.4 Å². The van der Waals surface area contributed by atoms with Crippen LogP contribution in [0.4, 0.5) is 4.39 Å². The molecular weight excluding hydrogens is 463 g/mol. The van der Waals surface area contributed by atoms with Gasteiger partial charge in [0.1, 0.15) is 11.9 Å². The van der Waals surface area contributed by atoms with Gasteiger partial charge in [0.2, 0.25) is 0 Å². The first-order valence-electron chi connectivity index (χ1n) is 12.9. The van der Waals surface area contributed by atoms with Gasteiger partial charge in [0, 0.05) is 23.4 Å². The van der Waals surface area contributed by atoms with Gasteiger partial charge < -0.3 is 14.2 Å². The molecule has 1 heterocycles. The van der Waals surface area contributed by atoms with E-state index in [1.165, 1.54) is 19.3 Å². The molecule has 4 rings (SSSR count). The van der Waals surface area contributed by atoms with Crippen molar-refractivity contribution < 1.29 is 18.6 Å². The second-order valence-corrected chi connectivity index (χ2v) is 9.85. The molecule has 3 aromatic carbocycles. The van der Waals surface area contributed by atoms with E-state index in [1.54, 1.807) is 0 Å². The standard InChI is InChI=1S/C30H36ClFO3/c1-2-3-4-5-18-33-27-20-34-29(35-21-27)17-10-23-9-16-28-25(19-23)13-12-24(30(28)32)11-6-22-7-14-26(31)15-8-22/h7-9,12-16,19,27,29H,2-6,10-11,17-18,20-21H2,1H3. The maximum absolute atomic E-state index is 15.2. The third-order valence-corrected chi connectivity index (χ3v) is 6.90. The Kier molecular flexibility index (Phi) is 9.96. The molecule has 0 unspecified atom stereocenters. The molecule has 3 nitrogen and oxygen atoms in total. The summed E-state index contributed by atoms with van der Waals surface area (Å²) in [6.45, 7) is 4.15. The number of hydrogen-bond acceptors (Lipinski definition) is 3. The third-order valence-electron chi connectivity index (χ3n) is 6.65. The van der Waals surface area contributed by atoms with E-state index in [2.05, 4.69) is 13.0 Å². The van der Waals surface area contributed by atoms with Gasteiger partial charge in [-0.1, -0.05) is 80.3 Å². The fourth-order valence-electron chi connectivity index (χ4n) is 4.52. The van der Waals surface area contributed by atoms with Crippen molar-refractivity contribution in [2.45, 2.75) is 70.7 Å². The number of rotatable bonds is 12. The van der Waals surface area contributed by atoms with Crippen molar-refractivity contribution in [1.82, 2.24) is 0 Å². The highest BCUT2D eigenvalue weighted by atomic mass is 35.5. The first kappa shape index (κ1) is 26.1. The van der Waals surface area contributed by atoms with Crippen LogP contribution in [0.5, 0.6) is 0 Å². The number of aryl methyl sites for hydroxylation is 3. The van der Waals surface area contributed by atoms with Crippen LogP contribution < -0.4 is 0 Å². The highest BCUT2D eigenvalue weighted by Gasteiger charge is 2.22. The van der Waals surface area contributed by atoms with Crippen LogP contribution in [0.3, 0.4) is 0 Å². The van der Waals surface area contributed by atoms with Crippen LogP contribution in [0.2, 0.25) is 5.02 Å². The Morgan fingerprint density at radius 3 is 2.43 bits per heavy atom. The van der Waals surface area contributed by atoms with E-state index in [0.717, 1.165) is 59.4 Å². The van der Waals surface area contributed by atoms with E-state index >= 15 is 4.39 Å². The molecule has 0 N–H and O–H groups in total. The van der Waals surface area contributed by atoms with Gasteiger partial charge >= 0.3 is 0 Å². The summed E-state index contributed by atoms with van der Waals surface area (Å²) in [6.07, 6.45) is 7.66. The van der Waals surface area contributed by atoms with Gasteiger partial charge in [0.15, 0.2) is 6.29 Å². The molecule has 0 saturated carbocycles. The zero-order valence-electron chi connectivity index (χ0n) is 20.6. The Balaban J connectivity index is 1.24. The van der Waals surface area contributed by atoms with Crippen molar-refractivity contribution in [3.63, 3.8) is 0 Å². The highest BCUT2D eigenvalue weighted by molar-refractivity contribution is 6.30.